The van der Waals surface area contributed by atoms with Crippen molar-refractivity contribution in [2.24, 2.45) is 0 Å². The predicted molar refractivity (Wildman–Crippen MR) is 134 cm³/mol. The van der Waals surface area contributed by atoms with Gasteiger partial charge in [-0.2, -0.15) is 0 Å². The molecule has 0 unspecified atom stereocenters. The zero-order valence-corrected chi connectivity index (χ0v) is 20.6. The molecule has 0 saturated heterocycles. The highest BCUT2D eigenvalue weighted by atomic mass is 32.2. The van der Waals surface area contributed by atoms with Crippen LogP contribution in [0.3, 0.4) is 0 Å². The molecule has 0 aliphatic carbocycles. The molecule has 4 aromatic rings. The Hall–Kier alpha value is -2.75. The van der Waals surface area contributed by atoms with Crippen LogP contribution in [0.15, 0.2) is 76.7 Å². The van der Waals surface area contributed by atoms with Gasteiger partial charge in [0.1, 0.15) is 5.75 Å². The molecule has 0 spiro atoms. The van der Waals surface area contributed by atoms with Gasteiger partial charge in [-0.1, -0.05) is 29.8 Å². The number of fused-ring (bicyclic) bond motifs is 1. The van der Waals surface area contributed by atoms with Gasteiger partial charge in [-0.05, 0) is 49.8 Å². The number of aryl methyl sites for hydroxylation is 1. The minimum absolute atomic E-state index is 0.0216. The maximum atomic E-state index is 15.3. The Balaban J connectivity index is 1.81. The number of nitrogens with one attached hydrogen (secondary N) is 1. The van der Waals surface area contributed by atoms with Crippen LogP contribution in [-0.2, 0) is 10.0 Å². The van der Waals surface area contributed by atoms with Crippen LogP contribution in [0.4, 0.5) is 4.39 Å². The van der Waals surface area contributed by atoms with E-state index in [1.165, 1.54) is 35.8 Å². The topological polar surface area (TPSA) is 72.2 Å². The van der Waals surface area contributed by atoms with E-state index in [1.54, 1.807) is 60.9 Å². The summed E-state index contributed by atoms with van der Waals surface area (Å²) in [5.41, 5.74) is 1.85. The van der Waals surface area contributed by atoms with Crippen LogP contribution >= 0.6 is 23.5 Å². The number of hydrogen-bond acceptors (Lipinski definition) is 6. The molecule has 5 nitrogen and oxygen atoms in total. The maximum Gasteiger partial charge on any atom is 0.268 e. The molecule has 9 heteroatoms. The number of rotatable bonds is 6. The zero-order valence-electron chi connectivity index (χ0n) is 18.1. The Morgan fingerprint density at radius 1 is 1.06 bits per heavy atom. The quantitative estimate of drug-likeness (QED) is 0.185. The van der Waals surface area contributed by atoms with E-state index in [0.717, 1.165) is 9.54 Å². The van der Waals surface area contributed by atoms with Crippen molar-refractivity contribution in [1.29, 1.82) is 5.41 Å². The minimum atomic E-state index is -3.90. The molecule has 0 atom stereocenters. The van der Waals surface area contributed by atoms with Crippen molar-refractivity contribution < 1.29 is 17.5 Å². The molecule has 0 saturated carbocycles. The fourth-order valence-corrected chi connectivity index (χ4v) is 5.86. The van der Waals surface area contributed by atoms with Gasteiger partial charge in [0.15, 0.2) is 11.6 Å². The summed E-state index contributed by atoms with van der Waals surface area (Å²) in [5, 5.41) is 8.94. The normalized spacial score (nSPS) is 11.6. The van der Waals surface area contributed by atoms with E-state index in [1.807, 2.05) is 13.2 Å². The molecule has 1 aromatic heterocycles. The summed E-state index contributed by atoms with van der Waals surface area (Å²) >= 11 is 2.57. The summed E-state index contributed by atoms with van der Waals surface area (Å²) in [5.74, 6) is -0.254. The largest absolute Gasteiger partial charge is 0.453 e. The fourth-order valence-electron chi connectivity index (χ4n) is 3.44. The molecule has 0 aliphatic heterocycles. The van der Waals surface area contributed by atoms with Gasteiger partial charge in [-0.15, -0.1) is 23.5 Å². The van der Waals surface area contributed by atoms with Crippen LogP contribution in [0.1, 0.15) is 11.1 Å². The molecule has 170 valence electrons. The highest BCUT2D eigenvalue weighted by Gasteiger charge is 2.23. The van der Waals surface area contributed by atoms with Gasteiger partial charge in [-0.25, -0.2) is 16.8 Å². The Morgan fingerprint density at radius 3 is 2.45 bits per heavy atom. The minimum Gasteiger partial charge on any atom is -0.453 e. The third-order valence-electron chi connectivity index (χ3n) is 5.12. The molecule has 0 radical (unpaired) electrons. The molecule has 0 aliphatic rings. The molecular formula is C24H21FN2O3S3. The Morgan fingerprint density at radius 2 is 1.79 bits per heavy atom. The summed E-state index contributed by atoms with van der Waals surface area (Å²) in [6, 6.07) is 16.3. The second-order valence-electron chi connectivity index (χ2n) is 7.25. The first-order valence-corrected chi connectivity index (χ1v) is 13.8. The van der Waals surface area contributed by atoms with Crippen LogP contribution in [0.5, 0.6) is 11.5 Å². The summed E-state index contributed by atoms with van der Waals surface area (Å²) in [7, 11) is -3.90. The summed E-state index contributed by atoms with van der Waals surface area (Å²) in [6.45, 7) is 1.88. The molecular weight excluding hydrogens is 479 g/mol. The van der Waals surface area contributed by atoms with Crippen molar-refractivity contribution in [3.8, 4) is 11.5 Å². The molecule has 0 amide bonds. The second-order valence-corrected chi connectivity index (χ2v) is 10.7. The van der Waals surface area contributed by atoms with Gasteiger partial charge in [0.25, 0.3) is 10.0 Å². The van der Waals surface area contributed by atoms with Gasteiger partial charge < -0.3 is 4.74 Å². The highest BCUT2D eigenvalue weighted by molar-refractivity contribution is 8.13. The van der Waals surface area contributed by atoms with Crippen molar-refractivity contribution >= 4 is 49.5 Å². The maximum absolute atomic E-state index is 15.3. The summed E-state index contributed by atoms with van der Waals surface area (Å²) in [4.78, 5) is 0.623. The lowest BCUT2D eigenvalue weighted by atomic mass is 10.2. The first-order valence-electron chi connectivity index (χ1n) is 9.87. The second kappa shape index (κ2) is 9.24. The molecule has 0 bridgehead atoms. The number of halogens is 1. The smallest absolute Gasteiger partial charge is 0.268 e. The van der Waals surface area contributed by atoms with Crippen LogP contribution in [0.2, 0.25) is 0 Å². The Kier molecular flexibility index (Phi) is 6.56. The highest BCUT2D eigenvalue weighted by Crippen LogP contribution is 2.41. The van der Waals surface area contributed by atoms with Gasteiger partial charge in [-0.3, -0.25) is 5.41 Å². The number of benzene rings is 3. The van der Waals surface area contributed by atoms with Crippen LogP contribution in [0.25, 0.3) is 10.9 Å². The monoisotopic (exact) mass is 500 g/mol. The van der Waals surface area contributed by atoms with Gasteiger partial charge in [0.05, 0.1) is 20.4 Å². The van der Waals surface area contributed by atoms with E-state index in [-0.39, 0.29) is 16.2 Å². The van der Waals surface area contributed by atoms with Crippen molar-refractivity contribution in [3.05, 3.63) is 83.8 Å². The molecule has 0 fully saturated rings. The fraction of sp³-hybridized carbons (Fsp3) is 0.125. The number of nitrogens with zero attached hydrogens (tertiary/aromatic N) is 1. The Bertz CT molecular complexity index is 1460. The number of thioether (sulfide) groups is 2. The van der Waals surface area contributed by atoms with E-state index in [9.17, 15) is 8.42 Å². The molecule has 33 heavy (non-hydrogen) atoms. The molecule has 1 heterocycles. The third kappa shape index (κ3) is 4.40. The van der Waals surface area contributed by atoms with Gasteiger partial charge in [0.2, 0.25) is 0 Å². The predicted octanol–water partition coefficient (Wildman–Crippen LogP) is 6.53. The molecule has 3 aromatic carbocycles. The van der Waals surface area contributed by atoms with Gasteiger partial charge >= 0.3 is 0 Å². The lowest BCUT2D eigenvalue weighted by Crippen LogP contribution is -2.12. The summed E-state index contributed by atoms with van der Waals surface area (Å²) in [6.07, 6.45) is 5.03. The van der Waals surface area contributed by atoms with E-state index < -0.39 is 15.8 Å². The standard InChI is InChI=1S/C24H21FN2O3S3/c1-15-7-9-18(10-8-15)33(28,29)27-12-11-19-21(27)14-20(25)22(23(19)31-2)30-17-6-4-5-16(13-17)24(26)32-3/h4-14,26H,1-3H3. The lowest BCUT2D eigenvalue weighted by molar-refractivity contribution is 0.432. The summed E-state index contributed by atoms with van der Waals surface area (Å²) < 4.78 is 48.7. The number of hydrogen-bond donors (Lipinski definition) is 1. The first kappa shape index (κ1) is 23.4. The molecule has 1 N–H and O–H groups in total. The number of ether oxygens (including phenoxy) is 1. The number of aromatic nitrogens is 1. The van der Waals surface area contributed by atoms with Crippen LogP contribution in [0, 0.1) is 18.2 Å². The van der Waals surface area contributed by atoms with Crippen molar-refractivity contribution in [1.82, 2.24) is 3.97 Å². The van der Waals surface area contributed by atoms with E-state index >= 15 is 4.39 Å². The molecule has 4 rings (SSSR count). The van der Waals surface area contributed by atoms with Crippen LogP contribution < -0.4 is 4.74 Å². The SMILES string of the molecule is CSC(=N)c1cccc(Oc2c(F)cc3c(ccn3S(=O)(=O)c3ccc(C)cc3)c2SC)c1. The Labute approximate surface area is 200 Å². The van der Waals surface area contributed by atoms with Crippen molar-refractivity contribution in [2.75, 3.05) is 12.5 Å². The van der Waals surface area contributed by atoms with Crippen molar-refractivity contribution in [2.45, 2.75) is 16.7 Å². The van der Waals surface area contributed by atoms with E-state index in [2.05, 4.69) is 0 Å². The van der Waals surface area contributed by atoms with Crippen LogP contribution in [-0.4, -0.2) is 29.9 Å². The third-order valence-corrected chi connectivity index (χ3v) is 8.29. The average molecular weight is 501 g/mol. The van der Waals surface area contributed by atoms with Gasteiger partial charge in [0, 0.05) is 23.2 Å². The zero-order chi connectivity index (χ0) is 23.8. The van der Waals surface area contributed by atoms with E-state index in [0.29, 0.717) is 26.6 Å². The van der Waals surface area contributed by atoms with Crippen molar-refractivity contribution in [3.63, 3.8) is 0 Å². The first-order chi connectivity index (χ1) is 15.8. The van der Waals surface area contributed by atoms with E-state index in [4.69, 9.17) is 10.1 Å². The average Bonchev–Trinajstić information content (AvgIpc) is 3.23. The lowest BCUT2D eigenvalue weighted by Gasteiger charge is -2.14.